The van der Waals surface area contributed by atoms with Crippen LogP contribution in [0.5, 0.6) is 0 Å². The Kier molecular flexibility index (Phi) is 4.99. The van der Waals surface area contributed by atoms with Crippen LogP contribution in [0.1, 0.15) is 44.9 Å². The molecular weight excluding hydrogens is 214 g/mol. The van der Waals surface area contributed by atoms with E-state index in [9.17, 15) is 4.79 Å². The highest BCUT2D eigenvalue weighted by molar-refractivity contribution is 5.82. The van der Waals surface area contributed by atoms with Crippen molar-refractivity contribution in [3.63, 3.8) is 0 Å². The van der Waals surface area contributed by atoms with E-state index in [1.807, 2.05) is 0 Å². The molecule has 2 aliphatic rings. The monoisotopic (exact) mass is 239 g/mol. The third-order valence-electron chi connectivity index (χ3n) is 4.22. The molecule has 1 saturated heterocycles. The molecule has 2 fully saturated rings. The van der Waals surface area contributed by atoms with E-state index in [1.165, 1.54) is 38.5 Å². The minimum absolute atomic E-state index is 0.122. The van der Waals surface area contributed by atoms with Crippen LogP contribution in [0.25, 0.3) is 0 Å². The summed E-state index contributed by atoms with van der Waals surface area (Å²) in [5.41, 5.74) is 0. The van der Waals surface area contributed by atoms with Crippen LogP contribution in [0.3, 0.4) is 0 Å². The zero-order valence-corrected chi connectivity index (χ0v) is 11.0. The molecule has 0 aromatic rings. The van der Waals surface area contributed by atoms with E-state index in [4.69, 9.17) is 4.74 Å². The average Bonchev–Trinajstić information content (AvgIpc) is 2.61. The lowest BCUT2D eigenvalue weighted by atomic mass is 9.98. The SMILES string of the molecule is CN(CC1COCCC1=O)C1CCCCCC1. The van der Waals surface area contributed by atoms with Crippen molar-refractivity contribution in [2.75, 3.05) is 26.8 Å². The Balaban J connectivity index is 1.81. The van der Waals surface area contributed by atoms with E-state index in [-0.39, 0.29) is 5.92 Å². The molecule has 1 saturated carbocycles. The highest BCUT2D eigenvalue weighted by atomic mass is 16.5. The summed E-state index contributed by atoms with van der Waals surface area (Å²) in [6.45, 7) is 2.15. The van der Waals surface area contributed by atoms with Gasteiger partial charge in [-0.05, 0) is 19.9 Å². The summed E-state index contributed by atoms with van der Waals surface area (Å²) >= 11 is 0. The maximum atomic E-state index is 11.8. The number of Topliss-reactive ketones (excluding diaryl/α,β-unsaturated/α-hetero) is 1. The molecule has 0 radical (unpaired) electrons. The summed E-state index contributed by atoms with van der Waals surface area (Å²) in [6, 6.07) is 0.687. The Hall–Kier alpha value is -0.410. The maximum Gasteiger partial charge on any atom is 0.141 e. The van der Waals surface area contributed by atoms with Crippen LogP contribution in [-0.2, 0) is 9.53 Å². The summed E-state index contributed by atoms with van der Waals surface area (Å²) in [5.74, 6) is 0.522. The van der Waals surface area contributed by atoms with Crippen LogP contribution in [0, 0.1) is 5.92 Å². The maximum absolute atomic E-state index is 11.8. The van der Waals surface area contributed by atoms with Crippen molar-refractivity contribution in [1.82, 2.24) is 4.90 Å². The van der Waals surface area contributed by atoms with E-state index in [2.05, 4.69) is 11.9 Å². The number of carbonyl (C=O) groups excluding carboxylic acids is 1. The largest absolute Gasteiger partial charge is 0.380 e. The number of ketones is 1. The molecule has 0 aromatic carbocycles. The van der Waals surface area contributed by atoms with Gasteiger partial charge in [-0.1, -0.05) is 25.7 Å². The molecule has 0 N–H and O–H groups in total. The fraction of sp³-hybridized carbons (Fsp3) is 0.929. The van der Waals surface area contributed by atoms with E-state index in [0.29, 0.717) is 31.5 Å². The Morgan fingerprint density at radius 2 is 1.94 bits per heavy atom. The van der Waals surface area contributed by atoms with E-state index in [0.717, 1.165) is 6.54 Å². The molecule has 17 heavy (non-hydrogen) atoms. The number of nitrogens with zero attached hydrogens (tertiary/aromatic N) is 1. The number of hydrogen-bond donors (Lipinski definition) is 0. The average molecular weight is 239 g/mol. The Morgan fingerprint density at radius 3 is 2.59 bits per heavy atom. The first kappa shape index (κ1) is 13.0. The van der Waals surface area contributed by atoms with E-state index < -0.39 is 0 Å². The van der Waals surface area contributed by atoms with Crippen LogP contribution >= 0.6 is 0 Å². The first-order chi connectivity index (χ1) is 8.27. The van der Waals surface area contributed by atoms with Gasteiger partial charge in [-0.15, -0.1) is 0 Å². The van der Waals surface area contributed by atoms with Crippen molar-refractivity contribution < 1.29 is 9.53 Å². The van der Waals surface area contributed by atoms with Crippen LogP contribution in [0.2, 0.25) is 0 Å². The van der Waals surface area contributed by atoms with Gasteiger partial charge in [-0.2, -0.15) is 0 Å². The normalized spacial score (nSPS) is 28.4. The van der Waals surface area contributed by atoms with E-state index >= 15 is 0 Å². The lowest BCUT2D eigenvalue weighted by Crippen LogP contribution is -2.41. The van der Waals surface area contributed by atoms with Crippen LogP contribution < -0.4 is 0 Å². The summed E-state index contributed by atoms with van der Waals surface area (Å²) in [5, 5.41) is 0. The number of hydrogen-bond acceptors (Lipinski definition) is 3. The second kappa shape index (κ2) is 6.50. The molecule has 0 aromatic heterocycles. The van der Waals surface area contributed by atoms with Crippen LogP contribution in [0.15, 0.2) is 0 Å². The molecule has 1 heterocycles. The van der Waals surface area contributed by atoms with Gasteiger partial charge in [0.2, 0.25) is 0 Å². The van der Waals surface area contributed by atoms with Gasteiger partial charge in [0.15, 0.2) is 0 Å². The molecule has 3 heteroatoms. The van der Waals surface area contributed by atoms with Crippen LogP contribution in [-0.4, -0.2) is 43.5 Å². The lowest BCUT2D eigenvalue weighted by molar-refractivity contribution is -0.131. The van der Waals surface area contributed by atoms with Crippen molar-refractivity contribution in [2.24, 2.45) is 5.92 Å². The molecular formula is C14H25NO2. The van der Waals surface area contributed by atoms with Crippen molar-refractivity contribution >= 4 is 5.78 Å². The van der Waals surface area contributed by atoms with Crippen molar-refractivity contribution in [1.29, 1.82) is 0 Å². The molecule has 1 atom stereocenters. The van der Waals surface area contributed by atoms with Crippen molar-refractivity contribution in [3.8, 4) is 0 Å². The fourth-order valence-electron chi connectivity index (χ4n) is 3.05. The predicted molar refractivity (Wildman–Crippen MR) is 68.1 cm³/mol. The highest BCUT2D eigenvalue weighted by Crippen LogP contribution is 2.22. The molecule has 1 unspecified atom stereocenters. The van der Waals surface area contributed by atoms with Gasteiger partial charge < -0.3 is 9.64 Å². The second-order valence-corrected chi connectivity index (χ2v) is 5.57. The number of rotatable bonds is 3. The van der Waals surface area contributed by atoms with Gasteiger partial charge in [-0.25, -0.2) is 0 Å². The van der Waals surface area contributed by atoms with Gasteiger partial charge in [-0.3, -0.25) is 4.79 Å². The van der Waals surface area contributed by atoms with Gasteiger partial charge in [0.1, 0.15) is 5.78 Å². The number of carbonyl (C=O) groups is 1. The summed E-state index contributed by atoms with van der Waals surface area (Å²) in [7, 11) is 2.18. The molecule has 98 valence electrons. The zero-order valence-electron chi connectivity index (χ0n) is 11.0. The molecule has 0 spiro atoms. The summed E-state index contributed by atoms with van der Waals surface area (Å²) in [4.78, 5) is 14.2. The summed E-state index contributed by atoms with van der Waals surface area (Å²) < 4.78 is 5.42. The smallest absolute Gasteiger partial charge is 0.141 e. The third-order valence-corrected chi connectivity index (χ3v) is 4.22. The van der Waals surface area contributed by atoms with E-state index in [1.54, 1.807) is 0 Å². The predicted octanol–water partition coefficient (Wildman–Crippen LogP) is 2.25. The zero-order chi connectivity index (χ0) is 12.1. The highest BCUT2D eigenvalue weighted by Gasteiger charge is 2.26. The Morgan fingerprint density at radius 1 is 1.24 bits per heavy atom. The van der Waals surface area contributed by atoms with Crippen molar-refractivity contribution in [3.05, 3.63) is 0 Å². The van der Waals surface area contributed by atoms with Crippen LogP contribution in [0.4, 0.5) is 0 Å². The minimum Gasteiger partial charge on any atom is -0.380 e. The Bertz CT molecular complexity index is 247. The molecule has 2 rings (SSSR count). The number of ether oxygens (including phenoxy) is 1. The molecule has 0 amide bonds. The molecule has 1 aliphatic carbocycles. The van der Waals surface area contributed by atoms with Gasteiger partial charge in [0.25, 0.3) is 0 Å². The fourth-order valence-corrected chi connectivity index (χ4v) is 3.05. The molecule has 3 nitrogen and oxygen atoms in total. The third kappa shape index (κ3) is 3.78. The summed E-state index contributed by atoms with van der Waals surface area (Å²) in [6.07, 6.45) is 8.69. The first-order valence-electron chi connectivity index (χ1n) is 7.08. The molecule has 1 aliphatic heterocycles. The topological polar surface area (TPSA) is 29.5 Å². The quantitative estimate of drug-likeness (QED) is 0.707. The Labute approximate surface area is 105 Å². The minimum atomic E-state index is 0.122. The van der Waals surface area contributed by atoms with Crippen molar-refractivity contribution in [2.45, 2.75) is 51.0 Å². The molecule has 0 bridgehead atoms. The van der Waals surface area contributed by atoms with Gasteiger partial charge >= 0.3 is 0 Å². The second-order valence-electron chi connectivity index (χ2n) is 5.57. The first-order valence-corrected chi connectivity index (χ1v) is 7.08. The van der Waals surface area contributed by atoms with Gasteiger partial charge in [0.05, 0.1) is 19.1 Å². The van der Waals surface area contributed by atoms with Gasteiger partial charge in [0, 0.05) is 19.0 Å². The lowest BCUT2D eigenvalue weighted by Gasteiger charge is -2.31. The standard InChI is InChI=1S/C14H25NO2/c1-15(13-6-4-2-3-5-7-13)10-12-11-17-9-8-14(12)16/h12-13H,2-11H2,1H3.